The molecular weight excluding hydrogens is 671 g/mol. The summed E-state index contributed by atoms with van der Waals surface area (Å²) in [5.41, 5.74) is -2.53. The fraction of sp³-hybridized carbons (Fsp3) is 0.200. The summed E-state index contributed by atoms with van der Waals surface area (Å²) in [4.78, 5) is 18.3. The smallest absolute Gasteiger partial charge is 0.399 e. The van der Waals surface area contributed by atoms with Gasteiger partial charge in [0.15, 0.2) is 9.84 Å². The van der Waals surface area contributed by atoms with Crippen LogP contribution in [0.4, 0.5) is 8.78 Å². The summed E-state index contributed by atoms with van der Waals surface area (Å²) in [5.74, 6) is 0.0845. The van der Waals surface area contributed by atoms with Crippen molar-refractivity contribution < 1.29 is 44.7 Å². The van der Waals surface area contributed by atoms with E-state index in [1.165, 1.54) is 37.4 Å². The van der Waals surface area contributed by atoms with Crippen LogP contribution in [0, 0.1) is 6.92 Å². The van der Waals surface area contributed by atoms with E-state index in [9.17, 15) is 30.2 Å². The molecule has 9 nitrogen and oxygen atoms in total. The molecule has 0 radical (unpaired) electrons. The Kier molecular flexibility index (Phi) is 9.96. The molecule has 4 rings (SSSR count). The standard InChI is InChI=1S/C30H29ClF2NO8PS2/c1-20-16-21(8-14-25(20)23-10-12-24(13-11-23)44(3,38)39)18-34(45(40,41)29-7-5-4-6-28(29)42-2)19-22-9-15-26(27(31)17-22)30(32,33)43(35,36)37/h4-17H,18-19H2,1-3H3,(H2,35,36,37). The largest absolute Gasteiger partial charge is 0.495 e. The zero-order valence-electron chi connectivity index (χ0n) is 24.2. The number of sulfone groups is 1. The molecule has 0 aliphatic rings. The fourth-order valence-electron chi connectivity index (χ4n) is 4.69. The number of aryl methyl sites for hydroxylation is 1. The summed E-state index contributed by atoms with van der Waals surface area (Å²) in [6.07, 6.45) is 1.12. The van der Waals surface area contributed by atoms with Gasteiger partial charge in [-0.15, -0.1) is 0 Å². The number of halogens is 3. The van der Waals surface area contributed by atoms with Gasteiger partial charge in [-0.1, -0.05) is 66.2 Å². The minimum Gasteiger partial charge on any atom is -0.495 e. The zero-order chi connectivity index (χ0) is 33.4. The van der Waals surface area contributed by atoms with Crippen LogP contribution in [0.25, 0.3) is 11.1 Å². The van der Waals surface area contributed by atoms with E-state index in [-0.39, 0.29) is 34.2 Å². The minimum absolute atomic E-state index is 0.0845. The van der Waals surface area contributed by atoms with Gasteiger partial charge in [0, 0.05) is 19.3 Å². The second-order valence-electron chi connectivity index (χ2n) is 10.3. The molecule has 0 spiro atoms. The second kappa shape index (κ2) is 12.9. The van der Waals surface area contributed by atoms with Crippen LogP contribution >= 0.6 is 19.2 Å². The third kappa shape index (κ3) is 7.47. The van der Waals surface area contributed by atoms with Crippen molar-refractivity contribution in [2.75, 3.05) is 13.4 Å². The SMILES string of the molecule is COc1ccccc1S(=O)(=O)N(Cc1ccc(-c2ccc(S(C)(=O)=O)cc2)c(C)c1)Cc1ccc(C(F)(F)P(=O)(O)O)c(Cl)c1. The molecule has 0 atom stereocenters. The first-order valence-corrected chi connectivity index (χ1v) is 18.4. The molecule has 4 aromatic rings. The van der Waals surface area contributed by atoms with Crippen LogP contribution in [-0.4, -0.2) is 44.3 Å². The number of ether oxygens (including phenoxy) is 1. The lowest BCUT2D eigenvalue weighted by Gasteiger charge is -2.25. The van der Waals surface area contributed by atoms with E-state index < -0.39 is 43.7 Å². The van der Waals surface area contributed by atoms with Crippen molar-refractivity contribution >= 4 is 39.1 Å². The van der Waals surface area contributed by atoms with Crippen molar-refractivity contribution in [2.45, 2.75) is 35.5 Å². The molecule has 0 unspecified atom stereocenters. The average molecular weight is 700 g/mol. The Morgan fingerprint density at radius 3 is 2.00 bits per heavy atom. The maximum atomic E-state index is 14.4. The first-order chi connectivity index (χ1) is 20.9. The number of hydrogen-bond acceptors (Lipinski definition) is 6. The summed E-state index contributed by atoms with van der Waals surface area (Å²) in [5, 5.41) is -0.641. The van der Waals surface area contributed by atoms with E-state index >= 15 is 0 Å². The normalized spacial score (nSPS) is 12.8. The van der Waals surface area contributed by atoms with Gasteiger partial charge in [0.1, 0.15) is 10.6 Å². The first-order valence-electron chi connectivity index (χ1n) is 13.1. The quantitative estimate of drug-likeness (QED) is 0.173. The number of methoxy groups -OCH3 is 1. The van der Waals surface area contributed by atoms with Crippen LogP contribution in [0.15, 0.2) is 94.7 Å². The molecule has 0 heterocycles. The fourth-order valence-corrected chi connectivity index (χ4v) is 7.79. The monoisotopic (exact) mass is 699 g/mol. The molecule has 45 heavy (non-hydrogen) atoms. The Bertz CT molecular complexity index is 2000. The highest BCUT2D eigenvalue weighted by Gasteiger charge is 2.51. The molecule has 0 aliphatic carbocycles. The summed E-state index contributed by atoms with van der Waals surface area (Å²) >= 11 is 6.03. The van der Waals surface area contributed by atoms with E-state index in [4.69, 9.17) is 26.1 Å². The molecule has 15 heteroatoms. The van der Waals surface area contributed by atoms with Crippen LogP contribution in [0.5, 0.6) is 5.75 Å². The van der Waals surface area contributed by atoms with E-state index in [1.54, 1.807) is 36.4 Å². The van der Waals surface area contributed by atoms with E-state index in [2.05, 4.69) is 0 Å². The maximum absolute atomic E-state index is 14.4. The average Bonchev–Trinajstić information content (AvgIpc) is 2.96. The van der Waals surface area contributed by atoms with Crippen LogP contribution in [0.2, 0.25) is 5.02 Å². The van der Waals surface area contributed by atoms with Crippen molar-refractivity contribution in [3.8, 4) is 16.9 Å². The van der Waals surface area contributed by atoms with Crippen LogP contribution < -0.4 is 4.74 Å². The molecule has 0 amide bonds. The second-order valence-corrected chi connectivity index (χ2v) is 16.2. The number of rotatable bonds is 11. The zero-order valence-corrected chi connectivity index (χ0v) is 27.5. The first kappa shape index (κ1) is 34.7. The number of alkyl halides is 2. The number of benzene rings is 4. The van der Waals surface area contributed by atoms with Crippen molar-refractivity contribution in [3.05, 3.63) is 112 Å². The molecule has 0 aromatic heterocycles. The van der Waals surface area contributed by atoms with Crippen molar-refractivity contribution in [3.63, 3.8) is 0 Å². The lowest BCUT2D eigenvalue weighted by Crippen LogP contribution is -2.30. The molecule has 0 saturated carbocycles. The summed E-state index contributed by atoms with van der Waals surface area (Å²) in [6, 6.07) is 20.6. The van der Waals surface area contributed by atoms with E-state index in [0.29, 0.717) is 5.56 Å². The number of sulfonamides is 1. The lowest BCUT2D eigenvalue weighted by molar-refractivity contribution is 0.0565. The van der Waals surface area contributed by atoms with E-state index in [1.807, 2.05) is 6.92 Å². The topological polar surface area (TPSA) is 138 Å². The summed E-state index contributed by atoms with van der Waals surface area (Å²) < 4.78 is 98.2. The predicted molar refractivity (Wildman–Crippen MR) is 167 cm³/mol. The van der Waals surface area contributed by atoms with Gasteiger partial charge in [0.05, 0.1) is 22.6 Å². The Morgan fingerprint density at radius 1 is 0.889 bits per heavy atom. The van der Waals surface area contributed by atoms with Gasteiger partial charge >= 0.3 is 13.3 Å². The van der Waals surface area contributed by atoms with Gasteiger partial charge in [-0.2, -0.15) is 13.1 Å². The minimum atomic E-state index is -5.89. The van der Waals surface area contributed by atoms with Gasteiger partial charge in [0.2, 0.25) is 10.0 Å². The molecule has 240 valence electrons. The molecule has 0 saturated heterocycles. The van der Waals surface area contributed by atoms with Crippen molar-refractivity contribution in [2.24, 2.45) is 0 Å². The number of para-hydroxylation sites is 1. The molecule has 0 fully saturated rings. The summed E-state index contributed by atoms with van der Waals surface area (Å²) in [6.45, 7) is 1.32. The van der Waals surface area contributed by atoms with Crippen molar-refractivity contribution in [1.29, 1.82) is 0 Å². The highest BCUT2D eigenvalue weighted by atomic mass is 35.5. The Labute approximate surface area is 265 Å². The predicted octanol–water partition coefficient (Wildman–Crippen LogP) is 6.35. The lowest BCUT2D eigenvalue weighted by atomic mass is 9.98. The Hall–Kier alpha value is -3.16. The highest BCUT2D eigenvalue weighted by Crippen LogP contribution is 2.60. The van der Waals surface area contributed by atoms with Crippen LogP contribution in [-0.2, 0) is 43.2 Å². The van der Waals surface area contributed by atoms with Gasteiger partial charge in [-0.05, 0) is 65.1 Å². The van der Waals surface area contributed by atoms with Gasteiger partial charge in [-0.3, -0.25) is 4.57 Å². The third-order valence-electron chi connectivity index (χ3n) is 7.01. The Morgan fingerprint density at radius 2 is 1.47 bits per heavy atom. The van der Waals surface area contributed by atoms with Crippen LogP contribution in [0.3, 0.4) is 0 Å². The molecule has 4 aromatic carbocycles. The van der Waals surface area contributed by atoms with Gasteiger partial charge in [-0.25, -0.2) is 16.8 Å². The number of hydrogen-bond donors (Lipinski definition) is 2. The number of nitrogens with zero attached hydrogens (tertiary/aromatic N) is 1. The van der Waals surface area contributed by atoms with Crippen molar-refractivity contribution in [1.82, 2.24) is 4.31 Å². The molecule has 2 N–H and O–H groups in total. The molecule has 0 aliphatic heterocycles. The highest BCUT2D eigenvalue weighted by molar-refractivity contribution is 7.90. The molecule has 0 bridgehead atoms. The van der Waals surface area contributed by atoms with Crippen LogP contribution in [0.1, 0.15) is 22.3 Å². The summed E-state index contributed by atoms with van der Waals surface area (Å²) in [7, 11) is -12.2. The maximum Gasteiger partial charge on any atom is 0.399 e. The van der Waals surface area contributed by atoms with Gasteiger partial charge < -0.3 is 14.5 Å². The molecular formula is C30H29ClF2NO8PS2. The van der Waals surface area contributed by atoms with Gasteiger partial charge in [0.25, 0.3) is 0 Å². The van der Waals surface area contributed by atoms with E-state index in [0.717, 1.165) is 45.5 Å². The third-order valence-corrected chi connectivity index (χ3v) is 11.3. The Balaban J connectivity index is 1.73.